The highest BCUT2D eigenvalue weighted by atomic mass is 32.1. The number of aliphatic carboxylic acids is 1. The zero-order valence-electron chi connectivity index (χ0n) is 14.0. The standard InChI is InChI=1S/C20H18O4S/c1-13-3-5-14(18(23-2)8-4-13)11-24-16-6-7-17-15(9-20(21)22)12-25-19(17)10-16/h3-7,10,12H,9,11H2,1-2H3,(H,21,22). The van der Waals surface area contributed by atoms with Crippen LogP contribution in [0.15, 0.2) is 64.4 Å². The second kappa shape index (κ2) is 7.43. The quantitative estimate of drug-likeness (QED) is 0.777. The summed E-state index contributed by atoms with van der Waals surface area (Å²) in [5.41, 5.74) is 5.96. The molecule has 128 valence electrons. The van der Waals surface area contributed by atoms with Gasteiger partial charge in [0.15, 0.2) is 5.76 Å². The first kappa shape index (κ1) is 17.1. The molecule has 0 spiro atoms. The number of methoxy groups -OCH3 is 1. The fourth-order valence-corrected chi connectivity index (χ4v) is 3.54. The molecule has 1 heterocycles. The van der Waals surface area contributed by atoms with Gasteiger partial charge in [0.05, 0.1) is 13.5 Å². The molecule has 0 radical (unpaired) electrons. The van der Waals surface area contributed by atoms with Crippen LogP contribution in [0.2, 0.25) is 0 Å². The lowest BCUT2D eigenvalue weighted by atomic mass is 10.1. The number of thiophene rings is 1. The molecule has 0 atom stereocenters. The minimum absolute atomic E-state index is 0.0348. The molecule has 3 rings (SSSR count). The molecule has 1 N–H and O–H groups in total. The molecule has 0 amide bonds. The highest BCUT2D eigenvalue weighted by molar-refractivity contribution is 7.17. The highest BCUT2D eigenvalue weighted by Crippen LogP contribution is 2.30. The van der Waals surface area contributed by atoms with E-state index in [-0.39, 0.29) is 6.42 Å². The molecule has 0 saturated carbocycles. The maximum absolute atomic E-state index is 10.9. The zero-order valence-corrected chi connectivity index (χ0v) is 14.9. The summed E-state index contributed by atoms with van der Waals surface area (Å²) in [6.07, 6.45) is 5.88. The third-order valence-corrected chi connectivity index (χ3v) is 4.83. The van der Waals surface area contributed by atoms with Crippen LogP contribution in [0.4, 0.5) is 0 Å². The van der Waals surface area contributed by atoms with E-state index < -0.39 is 5.97 Å². The van der Waals surface area contributed by atoms with Crippen LogP contribution in [0.3, 0.4) is 0 Å². The van der Waals surface area contributed by atoms with Gasteiger partial charge in [-0.05, 0) is 53.1 Å². The van der Waals surface area contributed by atoms with Crippen molar-refractivity contribution in [2.75, 3.05) is 13.7 Å². The third kappa shape index (κ3) is 4.02. The van der Waals surface area contributed by atoms with Gasteiger partial charge in [0.1, 0.15) is 12.4 Å². The molecule has 5 heteroatoms. The molecule has 1 aliphatic carbocycles. The summed E-state index contributed by atoms with van der Waals surface area (Å²) in [7, 11) is 1.62. The summed E-state index contributed by atoms with van der Waals surface area (Å²) in [5, 5.41) is 11.8. The van der Waals surface area contributed by atoms with Crippen molar-refractivity contribution in [3.63, 3.8) is 0 Å². The summed E-state index contributed by atoms with van der Waals surface area (Å²) in [4.78, 5) is 10.9. The van der Waals surface area contributed by atoms with Gasteiger partial charge in [0, 0.05) is 10.3 Å². The topological polar surface area (TPSA) is 55.8 Å². The maximum atomic E-state index is 10.9. The van der Waals surface area contributed by atoms with Crippen molar-refractivity contribution >= 4 is 27.4 Å². The van der Waals surface area contributed by atoms with Gasteiger partial charge in [-0.2, -0.15) is 0 Å². The highest BCUT2D eigenvalue weighted by Gasteiger charge is 2.11. The van der Waals surface area contributed by atoms with Gasteiger partial charge in [0.2, 0.25) is 0 Å². The Labute approximate surface area is 150 Å². The lowest BCUT2D eigenvalue weighted by Crippen LogP contribution is -2.04. The monoisotopic (exact) mass is 354 g/mol. The second-order valence-corrected chi connectivity index (χ2v) is 6.61. The second-order valence-electron chi connectivity index (χ2n) is 5.70. The van der Waals surface area contributed by atoms with E-state index >= 15 is 0 Å². The molecule has 0 fully saturated rings. The Morgan fingerprint density at radius 3 is 2.92 bits per heavy atom. The van der Waals surface area contributed by atoms with Crippen molar-refractivity contribution in [2.24, 2.45) is 0 Å². The van der Waals surface area contributed by atoms with Gasteiger partial charge < -0.3 is 14.6 Å². The van der Waals surface area contributed by atoms with Crippen molar-refractivity contribution in [3.05, 3.63) is 70.0 Å². The van der Waals surface area contributed by atoms with Crippen molar-refractivity contribution in [1.29, 1.82) is 0 Å². The molecule has 1 aliphatic rings. The molecular formula is C20H18O4S. The average Bonchev–Trinajstić information content (AvgIpc) is 2.88. The number of benzene rings is 1. The largest absolute Gasteiger partial charge is 0.489 e. The third-order valence-electron chi connectivity index (χ3n) is 3.84. The summed E-state index contributed by atoms with van der Waals surface area (Å²) >= 11 is 1.53. The van der Waals surface area contributed by atoms with Crippen molar-refractivity contribution in [3.8, 4) is 5.75 Å². The number of rotatable bonds is 6. The van der Waals surface area contributed by atoms with Crippen LogP contribution in [-0.2, 0) is 16.0 Å². The van der Waals surface area contributed by atoms with E-state index in [0.717, 1.165) is 32.5 Å². The summed E-state index contributed by atoms with van der Waals surface area (Å²) in [5.74, 6) is 0.575. The Kier molecular flexibility index (Phi) is 5.08. The smallest absolute Gasteiger partial charge is 0.307 e. The Hall–Kier alpha value is -2.75. The van der Waals surface area contributed by atoms with Gasteiger partial charge in [-0.3, -0.25) is 4.79 Å². The number of allylic oxidation sites excluding steroid dienone is 3. The summed E-state index contributed by atoms with van der Waals surface area (Å²) in [6.45, 7) is 2.37. The Morgan fingerprint density at radius 2 is 2.16 bits per heavy atom. The summed E-state index contributed by atoms with van der Waals surface area (Å²) < 4.78 is 12.3. The van der Waals surface area contributed by atoms with Crippen LogP contribution in [0.25, 0.3) is 10.1 Å². The van der Waals surface area contributed by atoms with Gasteiger partial charge in [0.25, 0.3) is 0 Å². The fraction of sp³-hybridized carbons (Fsp3) is 0.200. The number of fused-ring (bicyclic) bond motifs is 1. The van der Waals surface area contributed by atoms with E-state index in [1.807, 2.05) is 48.7 Å². The van der Waals surface area contributed by atoms with E-state index in [1.54, 1.807) is 7.11 Å². The van der Waals surface area contributed by atoms with Crippen LogP contribution >= 0.6 is 11.3 Å². The van der Waals surface area contributed by atoms with Crippen molar-refractivity contribution in [1.82, 2.24) is 0 Å². The molecule has 0 saturated heterocycles. The van der Waals surface area contributed by atoms with E-state index in [9.17, 15) is 4.79 Å². The van der Waals surface area contributed by atoms with E-state index in [0.29, 0.717) is 12.4 Å². The average molecular weight is 354 g/mol. The van der Waals surface area contributed by atoms with E-state index in [1.165, 1.54) is 11.3 Å². The van der Waals surface area contributed by atoms with Crippen LogP contribution in [0, 0.1) is 0 Å². The molecule has 0 aliphatic heterocycles. The predicted octanol–water partition coefficient (Wildman–Crippen LogP) is 4.48. The normalized spacial score (nSPS) is 13.8. The van der Waals surface area contributed by atoms with Gasteiger partial charge in [-0.1, -0.05) is 17.9 Å². The van der Waals surface area contributed by atoms with Crippen LogP contribution in [0.1, 0.15) is 12.5 Å². The number of carbonyl (C=O) groups is 1. The molecule has 25 heavy (non-hydrogen) atoms. The van der Waals surface area contributed by atoms with Crippen molar-refractivity contribution in [2.45, 2.75) is 13.3 Å². The molecule has 2 aromatic rings. The predicted molar refractivity (Wildman–Crippen MR) is 99.1 cm³/mol. The Balaban J connectivity index is 1.77. The molecular weight excluding hydrogens is 336 g/mol. The van der Waals surface area contributed by atoms with Gasteiger partial charge >= 0.3 is 5.97 Å². The van der Waals surface area contributed by atoms with Crippen LogP contribution in [0.5, 0.6) is 5.75 Å². The Morgan fingerprint density at radius 1 is 1.32 bits per heavy atom. The minimum Gasteiger partial charge on any atom is -0.489 e. The van der Waals surface area contributed by atoms with Gasteiger partial charge in [-0.15, -0.1) is 11.3 Å². The van der Waals surface area contributed by atoms with Crippen LogP contribution in [-0.4, -0.2) is 24.8 Å². The first-order valence-corrected chi connectivity index (χ1v) is 8.68. The number of carboxylic acids is 1. The molecule has 0 unspecified atom stereocenters. The van der Waals surface area contributed by atoms with E-state index in [2.05, 4.69) is 5.73 Å². The maximum Gasteiger partial charge on any atom is 0.307 e. The van der Waals surface area contributed by atoms with Crippen LogP contribution < -0.4 is 4.74 Å². The number of hydrogen-bond acceptors (Lipinski definition) is 4. The van der Waals surface area contributed by atoms with Crippen molar-refractivity contribution < 1.29 is 19.4 Å². The number of ether oxygens (including phenoxy) is 2. The van der Waals surface area contributed by atoms with Gasteiger partial charge in [-0.25, -0.2) is 0 Å². The number of carboxylic acid groups (broad SMARTS) is 1. The number of hydrogen-bond donors (Lipinski definition) is 1. The first-order chi connectivity index (χ1) is 12.1. The Bertz CT molecular complexity index is 940. The zero-order chi connectivity index (χ0) is 17.8. The lowest BCUT2D eigenvalue weighted by molar-refractivity contribution is -0.136. The first-order valence-electron chi connectivity index (χ1n) is 7.80. The lowest BCUT2D eigenvalue weighted by Gasteiger charge is -2.10. The van der Waals surface area contributed by atoms with E-state index in [4.69, 9.17) is 14.6 Å². The molecule has 4 nitrogen and oxygen atoms in total. The summed E-state index contributed by atoms with van der Waals surface area (Å²) in [6, 6.07) is 5.72. The fourth-order valence-electron chi connectivity index (χ4n) is 2.55. The molecule has 1 aromatic carbocycles. The molecule has 1 aromatic heterocycles. The SMILES string of the molecule is COC1=C=CC(C)=CC=C1COc1ccc2c(CC(=O)O)csc2c1. The molecule has 0 bridgehead atoms. The minimum atomic E-state index is -0.824.